The van der Waals surface area contributed by atoms with Crippen molar-refractivity contribution in [2.45, 2.75) is 9.34 Å². The van der Waals surface area contributed by atoms with Crippen molar-refractivity contribution in [3.8, 4) is 0 Å². The third-order valence-corrected chi connectivity index (χ3v) is 2.99. The van der Waals surface area contributed by atoms with Crippen molar-refractivity contribution in [3.63, 3.8) is 0 Å². The van der Waals surface area contributed by atoms with E-state index in [1.165, 1.54) is 0 Å². The van der Waals surface area contributed by atoms with Gasteiger partial charge in [0.05, 0.1) is 0 Å². The molecule has 68 valence electrons. The van der Waals surface area contributed by atoms with E-state index in [1.807, 2.05) is 0 Å². The van der Waals surface area contributed by atoms with Gasteiger partial charge in [-0.15, -0.1) is 0 Å². The average molecular weight is 253 g/mol. The molecule has 0 atom stereocenters. The summed E-state index contributed by atoms with van der Waals surface area (Å²) in [4.78, 5) is 0. The molecule has 0 N–H and O–H groups in total. The van der Waals surface area contributed by atoms with Gasteiger partial charge in [0.2, 0.25) is 0 Å². The third kappa shape index (κ3) is 2.33. The van der Waals surface area contributed by atoms with E-state index in [-0.39, 0.29) is 0 Å². The van der Waals surface area contributed by atoms with Crippen LogP contribution >= 0.6 is 34.8 Å². The lowest BCUT2D eigenvalue weighted by molar-refractivity contribution is 0.0451. The highest BCUT2D eigenvalue weighted by Gasteiger charge is 2.74. The van der Waals surface area contributed by atoms with E-state index < -0.39 is 18.4 Å². The van der Waals surface area contributed by atoms with Gasteiger partial charge in [0.15, 0.2) is 0 Å². The Bertz CT molecular complexity index is 131. The van der Waals surface area contributed by atoms with Gasteiger partial charge in [-0.2, -0.15) is 8.78 Å². The summed E-state index contributed by atoms with van der Waals surface area (Å²) < 4.78 is 54.8. The summed E-state index contributed by atoms with van der Waals surface area (Å²) in [5.41, 5.74) is -5.19. The molecule has 0 bridgehead atoms. The Morgan fingerprint density at radius 2 is 1.18 bits per heavy atom. The lowest BCUT2D eigenvalue weighted by Crippen LogP contribution is -2.51. The van der Waals surface area contributed by atoms with Crippen LogP contribution < -0.4 is 0 Å². The Hall–Kier alpha value is 0.737. The molecule has 11 heavy (non-hydrogen) atoms. The lowest BCUT2D eigenvalue weighted by Gasteiger charge is -2.23. The third-order valence-electron chi connectivity index (χ3n) is 0.712. The predicted molar refractivity (Wildman–Crippen MR) is 34.3 cm³/mol. The van der Waals surface area contributed by atoms with E-state index in [2.05, 4.69) is 34.8 Å². The first-order valence-electron chi connectivity index (χ1n) is 2.01. The van der Waals surface area contributed by atoms with Gasteiger partial charge in [-0.25, -0.2) is 12.3 Å². The minimum Gasteiger partial charge on any atom is -0.234 e. The molecule has 0 spiro atoms. The van der Waals surface area contributed by atoms with E-state index in [4.69, 9.17) is 0 Å². The molecule has 0 aliphatic carbocycles. The van der Waals surface area contributed by atoms with Gasteiger partial charge in [-0.3, -0.25) is 0 Å². The minimum absolute atomic E-state index is 3.60. The maximum atomic E-state index is 12.0. The van der Waals surface area contributed by atoms with E-state index in [1.54, 1.807) is 0 Å². The van der Waals surface area contributed by atoms with E-state index >= 15 is 0 Å². The summed E-state index contributed by atoms with van der Waals surface area (Å²) in [5, 5.41) is 0. The van der Waals surface area contributed by atoms with Crippen molar-refractivity contribution in [2.75, 3.05) is 0 Å². The Balaban J connectivity index is 4.75. The maximum Gasteiger partial charge on any atom is 0.695 e. The predicted octanol–water partition coefficient (Wildman–Crippen LogP) is 3.38. The maximum absolute atomic E-state index is 12.0. The number of hydrogen-bond acceptors (Lipinski definition) is 0. The summed E-state index contributed by atoms with van der Waals surface area (Å²) in [6.45, 7) is 0. The fourth-order valence-corrected chi connectivity index (χ4v) is 1.45. The van der Waals surface area contributed by atoms with Crippen LogP contribution in [-0.4, -0.2) is 18.4 Å². The molecule has 0 aromatic carbocycles. The number of hydrogen-bond donors (Lipinski definition) is 0. The van der Waals surface area contributed by atoms with E-state index in [9.17, 15) is 21.1 Å². The molecular weight excluding hydrogens is 253 g/mol. The summed E-state index contributed by atoms with van der Waals surface area (Å²) >= 11 is 13.2. The molecule has 0 radical (unpaired) electrons. The molecule has 0 nitrogen and oxygen atoms in total. The van der Waals surface area contributed by atoms with Crippen LogP contribution in [0.25, 0.3) is 0 Å². The van der Waals surface area contributed by atoms with Crippen LogP contribution in [0.1, 0.15) is 0 Å². The van der Waals surface area contributed by atoms with Crippen LogP contribution in [0.4, 0.5) is 21.1 Å². The van der Waals surface area contributed by atoms with Gasteiger partial charge >= 0.3 is 14.6 Å². The second kappa shape index (κ2) is 2.90. The number of halogens is 8. The van der Waals surface area contributed by atoms with Gasteiger partial charge in [-0.05, 0) is 0 Å². The van der Waals surface area contributed by atoms with Crippen LogP contribution in [-0.2, 0) is 0 Å². The van der Waals surface area contributed by atoms with Gasteiger partial charge in [-0.1, -0.05) is 34.8 Å². The smallest absolute Gasteiger partial charge is 0.234 e. The van der Waals surface area contributed by atoms with E-state index in [0.29, 0.717) is 0 Å². The molecule has 9 heteroatoms. The molecule has 0 rings (SSSR count). The minimum atomic E-state index is -7.25. The fourth-order valence-electron chi connectivity index (χ4n) is 0.161. The highest BCUT2D eigenvalue weighted by atomic mass is 35.6. The summed E-state index contributed by atoms with van der Waals surface area (Å²) in [5.74, 6) is 0. The Kier molecular flexibility index (Phi) is 3.09. The first-order valence-corrected chi connectivity index (χ1v) is 4.78. The quantitative estimate of drug-likeness (QED) is 0.291. The monoisotopic (exact) mass is 252 g/mol. The zero-order valence-electron chi connectivity index (χ0n) is 4.52. The molecule has 0 saturated heterocycles. The lowest BCUT2D eigenvalue weighted by atomic mass is 10.8. The van der Waals surface area contributed by atoms with E-state index in [0.717, 1.165) is 0 Å². The van der Waals surface area contributed by atoms with Gasteiger partial charge < -0.3 is 0 Å². The molecule has 0 aliphatic heterocycles. The second-order valence-electron chi connectivity index (χ2n) is 1.57. The normalized spacial score (nSPS) is 15.3. The fraction of sp³-hybridized carbons (Fsp3) is 1.00. The SMILES string of the molecule is FC(F)(C(Cl)(Cl)Cl)[Si](F)(F)F. The van der Waals surface area contributed by atoms with Gasteiger partial charge in [0.25, 0.3) is 3.79 Å². The number of rotatable bonds is 1. The number of alkyl halides is 5. The molecule has 0 heterocycles. The van der Waals surface area contributed by atoms with Crippen LogP contribution in [0.3, 0.4) is 0 Å². The molecular formula is C2Cl3F5Si. The van der Waals surface area contributed by atoms with Crippen LogP contribution in [0.15, 0.2) is 0 Å². The zero-order chi connectivity index (χ0) is 9.50. The summed E-state index contributed by atoms with van der Waals surface area (Å²) in [6.07, 6.45) is 0. The van der Waals surface area contributed by atoms with Crippen LogP contribution in [0.2, 0.25) is 0 Å². The Morgan fingerprint density at radius 1 is 0.909 bits per heavy atom. The molecule has 0 amide bonds. The van der Waals surface area contributed by atoms with Gasteiger partial charge in [0, 0.05) is 0 Å². The average Bonchev–Trinajstić information content (AvgIpc) is 1.58. The molecule has 0 fully saturated rings. The molecule has 0 aromatic heterocycles. The standard InChI is InChI=1S/C2Cl3F5Si/c3-1(4,5)2(6,7)11(8,9)10. The first-order chi connectivity index (χ1) is 4.50. The van der Waals surface area contributed by atoms with Crippen molar-refractivity contribution in [2.24, 2.45) is 0 Å². The van der Waals surface area contributed by atoms with Crippen molar-refractivity contribution >= 4 is 43.9 Å². The van der Waals surface area contributed by atoms with Crippen LogP contribution in [0.5, 0.6) is 0 Å². The highest BCUT2D eigenvalue weighted by molar-refractivity contribution is 6.75. The van der Waals surface area contributed by atoms with Crippen molar-refractivity contribution in [3.05, 3.63) is 0 Å². The first kappa shape index (κ1) is 11.7. The van der Waals surface area contributed by atoms with Crippen molar-refractivity contribution in [1.29, 1.82) is 0 Å². The topological polar surface area (TPSA) is 0 Å². The Morgan fingerprint density at radius 3 is 1.18 bits per heavy atom. The summed E-state index contributed by atoms with van der Waals surface area (Å²) in [7, 11) is -7.25. The van der Waals surface area contributed by atoms with Gasteiger partial charge in [0.1, 0.15) is 0 Å². The zero-order valence-corrected chi connectivity index (χ0v) is 7.79. The molecule has 0 aromatic rings. The Labute approximate surface area is 74.7 Å². The van der Waals surface area contributed by atoms with Crippen molar-refractivity contribution in [1.82, 2.24) is 0 Å². The van der Waals surface area contributed by atoms with Crippen LogP contribution in [0, 0.1) is 0 Å². The second-order valence-corrected chi connectivity index (χ2v) is 5.47. The molecule has 0 aliphatic rings. The largest absolute Gasteiger partial charge is 0.695 e. The van der Waals surface area contributed by atoms with Crippen molar-refractivity contribution < 1.29 is 21.1 Å². The molecule has 0 unspecified atom stereocenters. The summed E-state index contributed by atoms with van der Waals surface area (Å²) in [6, 6.07) is 0. The highest BCUT2D eigenvalue weighted by Crippen LogP contribution is 2.48. The molecule has 0 saturated carbocycles.